The summed E-state index contributed by atoms with van der Waals surface area (Å²) in [6.45, 7) is 11.5. The molecule has 0 unspecified atom stereocenters. The van der Waals surface area contributed by atoms with E-state index in [1.807, 2.05) is 12.3 Å². The van der Waals surface area contributed by atoms with Crippen molar-refractivity contribution in [3.8, 4) is 0 Å². The number of hydrogen-bond donors (Lipinski definition) is 1. The first-order valence-corrected chi connectivity index (χ1v) is 7.45. The van der Waals surface area contributed by atoms with Crippen LogP contribution in [0.2, 0.25) is 0 Å². The van der Waals surface area contributed by atoms with E-state index in [4.69, 9.17) is 0 Å². The molecule has 112 valence electrons. The molecule has 0 atom stereocenters. The predicted octanol–water partition coefficient (Wildman–Crippen LogP) is 3.57. The maximum Gasteiger partial charge on any atom is 0.132 e. The maximum atomic E-state index is 4.65. The monoisotopic (exact) mass is 283 g/mol. The predicted molar refractivity (Wildman–Crippen MR) is 87.3 cm³/mol. The van der Waals surface area contributed by atoms with E-state index in [1.54, 1.807) is 0 Å². The molecule has 1 aromatic heterocycles. The van der Waals surface area contributed by atoms with Gasteiger partial charge >= 0.3 is 0 Å². The Kier molecular flexibility index (Phi) is 4.73. The molecule has 3 nitrogen and oxygen atoms in total. The molecule has 2 aromatic rings. The Hall–Kier alpha value is -1.74. The second-order valence-corrected chi connectivity index (χ2v) is 6.66. The molecule has 3 heteroatoms. The van der Waals surface area contributed by atoms with Crippen LogP contribution in [-0.4, -0.2) is 15.5 Å². The summed E-state index contributed by atoms with van der Waals surface area (Å²) >= 11 is 0. The molecule has 0 saturated heterocycles. The zero-order chi connectivity index (χ0) is 15.5. The van der Waals surface area contributed by atoms with E-state index in [-0.39, 0.29) is 5.54 Å². The summed E-state index contributed by atoms with van der Waals surface area (Å²) in [5.74, 6) is 0.881. The Morgan fingerprint density at radius 3 is 2.48 bits per heavy atom. The quantitative estimate of drug-likeness (QED) is 0.932. The maximum absolute atomic E-state index is 4.65. The van der Waals surface area contributed by atoms with Crippen molar-refractivity contribution < 1.29 is 0 Å². The molecular weight excluding hydrogens is 258 g/mol. The van der Waals surface area contributed by atoms with Gasteiger partial charge in [0.2, 0.25) is 0 Å². The third kappa shape index (κ3) is 4.94. The fraction of sp³-hybridized carbons (Fsp3) is 0.444. The number of rotatable bonds is 4. The first kappa shape index (κ1) is 15.6. The summed E-state index contributed by atoms with van der Waals surface area (Å²) in [5, 5.41) is 3.46. The fourth-order valence-electron chi connectivity index (χ4n) is 2.08. The lowest BCUT2D eigenvalue weighted by molar-refractivity contribution is 0.420. The molecule has 1 N–H and O–H groups in total. The van der Waals surface area contributed by atoms with Crippen LogP contribution in [-0.2, 0) is 13.0 Å². The van der Waals surface area contributed by atoms with Crippen molar-refractivity contribution in [3.63, 3.8) is 0 Å². The molecule has 0 spiro atoms. The van der Waals surface area contributed by atoms with E-state index >= 15 is 0 Å². The first-order valence-electron chi connectivity index (χ1n) is 7.45. The van der Waals surface area contributed by atoms with Gasteiger partial charge in [-0.1, -0.05) is 18.2 Å². The Morgan fingerprint density at radius 2 is 1.81 bits per heavy atom. The first-order chi connectivity index (χ1) is 9.83. The third-order valence-corrected chi connectivity index (χ3v) is 3.50. The van der Waals surface area contributed by atoms with Gasteiger partial charge in [0.25, 0.3) is 0 Å². The van der Waals surface area contributed by atoms with Crippen LogP contribution in [0, 0.1) is 13.8 Å². The van der Waals surface area contributed by atoms with Crippen LogP contribution in [0.3, 0.4) is 0 Å². The number of benzene rings is 1. The third-order valence-electron chi connectivity index (χ3n) is 3.50. The minimum atomic E-state index is 0.0964. The average Bonchev–Trinajstić information content (AvgIpc) is 2.40. The van der Waals surface area contributed by atoms with E-state index in [9.17, 15) is 0 Å². The van der Waals surface area contributed by atoms with Crippen LogP contribution in [0.15, 0.2) is 30.5 Å². The van der Waals surface area contributed by atoms with Crippen LogP contribution in [0.25, 0.3) is 0 Å². The summed E-state index contributed by atoms with van der Waals surface area (Å²) < 4.78 is 0. The highest BCUT2D eigenvalue weighted by Gasteiger charge is 2.09. The van der Waals surface area contributed by atoms with Gasteiger partial charge < -0.3 is 5.32 Å². The van der Waals surface area contributed by atoms with Gasteiger partial charge in [-0.15, -0.1) is 0 Å². The van der Waals surface area contributed by atoms with Gasteiger partial charge in [-0.05, 0) is 57.4 Å². The average molecular weight is 283 g/mol. The van der Waals surface area contributed by atoms with E-state index in [0.717, 1.165) is 24.5 Å². The molecule has 21 heavy (non-hydrogen) atoms. The molecule has 0 radical (unpaired) electrons. The standard InChI is InChI=1S/C18H25N3/c1-13-6-7-15(10-14(13)2)11-17-19-9-8-16(21-17)12-20-18(3,4)5/h6-10,20H,11-12H2,1-5H3. The smallest absolute Gasteiger partial charge is 0.132 e. The van der Waals surface area contributed by atoms with Gasteiger partial charge in [0.05, 0.1) is 5.69 Å². The number of aryl methyl sites for hydroxylation is 2. The highest BCUT2D eigenvalue weighted by Crippen LogP contribution is 2.12. The van der Waals surface area contributed by atoms with Crippen molar-refractivity contribution in [2.75, 3.05) is 0 Å². The van der Waals surface area contributed by atoms with Crippen molar-refractivity contribution >= 4 is 0 Å². The second kappa shape index (κ2) is 6.35. The lowest BCUT2D eigenvalue weighted by Crippen LogP contribution is -2.35. The topological polar surface area (TPSA) is 37.8 Å². The zero-order valence-corrected chi connectivity index (χ0v) is 13.7. The van der Waals surface area contributed by atoms with Gasteiger partial charge in [-0.2, -0.15) is 0 Å². The van der Waals surface area contributed by atoms with Gasteiger partial charge in [0.15, 0.2) is 0 Å². The van der Waals surface area contributed by atoms with Gasteiger partial charge in [0, 0.05) is 24.7 Å². The largest absolute Gasteiger partial charge is 0.306 e. The second-order valence-electron chi connectivity index (χ2n) is 6.66. The zero-order valence-electron chi connectivity index (χ0n) is 13.7. The van der Waals surface area contributed by atoms with Crippen molar-refractivity contribution in [1.29, 1.82) is 0 Å². The van der Waals surface area contributed by atoms with Gasteiger partial charge in [0.1, 0.15) is 5.82 Å². The lowest BCUT2D eigenvalue weighted by atomic mass is 10.0. The van der Waals surface area contributed by atoms with Crippen LogP contribution in [0.4, 0.5) is 0 Å². The molecule has 2 rings (SSSR count). The Bertz CT molecular complexity index is 612. The number of nitrogens with one attached hydrogen (secondary N) is 1. The highest BCUT2D eigenvalue weighted by molar-refractivity contribution is 5.31. The summed E-state index contributed by atoms with van der Waals surface area (Å²) in [6.07, 6.45) is 2.63. The molecule has 0 amide bonds. The Morgan fingerprint density at radius 1 is 1.05 bits per heavy atom. The fourth-order valence-corrected chi connectivity index (χ4v) is 2.08. The van der Waals surface area contributed by atoms with Crippen LogP contribution in [0.5, 0.6) is 0 Å². The molecule has 1 aromatic carbocycles. The molecule has 1 heterocycles. The summed E-state index contributed by atoms with van der Waals surface area (Å²) in [7, 11) is 0. The molecule has 0 saturated carbocycles. The van der Waals surface area contributed by atoms with Crippen LogP contribution >= 0.6 is 0 Å². The lowest BCUT2D eigenvalue weighted by Gasteiger charge is -2.20. The van der Waals surface area contributed by atoms with Crippen molar-refractivity contribution in [2.45, 2.75) is 53.1 Å². The molecule has 0 bridgehead atoms. The number of nitrogens with zero attached hydrogens (tertiary/aromatic N) is 2. The van der Waals surface area contributed by atoms with Crippen molar-refractivity contribution in [1.82, 2.24) is 15.3 Å². The number of hydrogen-bond acceptors (Lipinski definition) is 3. The van der Waals surface area contributed by atoms with E-state index in [0.29, 0.717) is 0 Å². The molecule has 0 aliphatic carbocycles. The Balaban J connectivity index is 2.08. The minimum absolute atomic E-state index is 0.0964. The van der Waals surface area contributed by atoms with E-state index in [2.05, 4.69) is 68.1 Å². The SMILES string of the molecule is Cc1ccc(Cc2nccc(CNC(C)(C)C)n2)cc1C. The van der Waals surface area contributed by atoms with Crippen molar-refractivity contribution in [2.24, 2.45) is 0 Å². The van der Waals surface area contributed by atoms with Crippen molar-refractivity contribution in [3.05, 3.63) is 58.7 Å². The molecule has 0 fully saturated rings. The number of aromatic nitrogens is 2. The van der Waals surface area contributed by atoms with E-state index in [1.165, 1.54) is 16.7 Å². The molecular formula is C18H25N3. The molecule has 0 aliphatic rings. The minimum Gasteiger partial charge on any atom is -0.306 e. The summed E-state index contributed by atoms with van der Waals surface area (Å²) in [5.41, 5.74) is 5.04. The van der Waals surface area contributed by atoms with E-state index < -0.39 is 0 Å². The molecule has 0 aliphatic heterocycles. The van der Waals surface area contributed by atoms with Crippen LogP contribution < -0.4 is 5.32 Å². The van der Waals surface area contributed by atoms with Gasteiger partial charge in [-0.3, -0.25) is 0 Å². The highest BCUT2D eigenvalue weighted by atomic mass is 15.0. The summed E-state index contributed by atoms with van der Waals surface area (Å²) in [4.78, 5) is 9.04. The summed E-state index contributed by atoms with van der Waals surface area (Å²) in [6, 6.07) is 8.52. The van der Waals surface area contributed by atoms with Crippen LogP contribution in [0.1, 0.15) is 49.0 Å². The normalized spacial score (nSPS) is 11.7. The van der Waals surface area contributed by atoms with Gasteiger partial charge in [-0.25, -0.2) is 9.97 Å². The Labute approximate surface area is 127 Å².